The van der Waals surface area contributed by atoms with Gasteiger partial charge in [0.15, 0.2) is 0 Å². The highest BCUT2D eigenvalue weighted by molar-refractivity contribution is 7.11. The molecule has 0 aromatic carbocycles. The molecule has 0 aliphatic rings. The van der Waals surface area contributed by atoms with Gasteiger partial charge in [-0.25, -0.2) is 0 Å². The van der Waals surface area contributed by atoms with Gasteiger partial charge in [0.25, 0.3) is 0 Å². The van der Waals surface area contributed by atoms with Crippen molar-refractivity contribution in [3.63, 3.8) is 0 Å². The molecule has 3 nitrogen and oxygen atoms in total. The van der Waals surface area contributed by atoms with Crippen LogP contribution in [0.1, 0.15) is 15.8 Å². The number of nitrogens with one attached hydrogen (secondary N) is 1. The van der Waals surface area contributed by atoms with Crippen molar-refractivity contribution in [2.24, 2.45) is 7.05 Å². The molecule has 18 heavy (non-hydrogen) atoms. The summed E-state index contributed by atoms with van der Waals surface area (Å²) in [6, 6.07) is 8.72. The van der Waals surface area contributed by atoms with Gasteiger partial charge in [-0.2, -0.15) is 5.10 Å². The third-order valence-corrected chi connectivity index (χ3v) is 4.55. The Labute approximate surface area is 114 Å². The Balaban J connectivity index is 1.91. The molecule has 0 unspecified atom stereocenters. The van der Waals surface area contributed by atoms with E-state index in [2.05, 4.69) is 45.4 Å². The fourth-order valence-electron chi connectivity index (χ4n) is 1.86. The first-order valence-corrected chi connectivity index (χ1v) is 7.41. The Morgan fingerprint density at radius 1 is 1.17 bits per heavy atom. The minimum absolute atomic E-state index is 0.217. The number of rotatable bonds is 4. The number of hydrogen-bond acceptors (Lipinski definition) is 4. The minimum Gasteiger partial charge on any atom is -0.370 e. The summed E-state index contributed by atoms with van der Waals surface area (Å²) in [6.07, 6.45) is 3.85. The van der Waals surface area contributed by atoms with E-state index >= 15 is 0 Å². The molecule has 0 amide bonds. The summed E-state index contributed by atoms with van der Waals surface area (Å²) in [5, 5.41) is 12.0. The van der Waals surface area contributed by atoms with Crippen molar-refractivity contribution < 1.29 is 0 Å². The van der Waals surface area contributed by atoms with Crippen LogP contribution in [0, 0.1) is 0 Å². The van der Waals surface area contributed by atoms with Crippen LogP contribution in [0.25, 0.3) is 0 Å². The summed E-state index contributed by atoms with van der Waals surface area (Å²) in [5.41, 5.74) is 1.05. The maximum absolute atomic E-state index is 4.19. The fraction of sp³-hybridized carbons (Fsp3) is 0.154. The molecule has 92 valence electrons. The zero-order chi connectivity index (χ0) is 12.4. The summed E-state index contributed by atoms with van der Waals surface area (Å²) < 4.78 is 1.81. The Hall–Kier alpha value is -1.59. The standard InChI is InChI=1S/C13H13N3S2/c1-16-9-10(8-14-16)15-13(11-4-2-6-17-11)12-5-3-7-18-12/h2-9,13,15H,1H3. The van der Waals surface area contributed by atoms with E-state index < -0.39 is 0 Å². The highest BCUT2D eigenvalue weighted by Crippen LogP contribution is 2.32. The molecule has 3 rings (SSSR count). The van der Waals surface area contributed by atoms with Crippen LogP contribution >= 0.6 is 22.7 Å². The second-order valence-electron chi connectivity index (χ2n) is 4.01. The second-order valence-corrected chi connectivity index (χ2v) is 5.97. The quantitative estimate of drug-likeness (QED) is 0.786. The van der Waals surface area contributed by atoms with E-state index in [0.717, 1.165) is 5.69 Å². The molecule has 0 saturated heterocycles. The van der Waals surface area contributed by atoms with Crippen LogP contribution in [0.15, 0.2) is 47.4 Å². The van der Waals surface area contributed by atoms with Gasteiger partial charge in [0.05, 0.1) is 17.9 Å². The fourth-order valence-corrected chi connectivity index (χ4v) is 3.52. The van der Waals surface area contributed by atoms with Crippen molar-refractivity contribution in [1.82, 2.24) is 9.78 Å². The lowest BCUT2D eigenvalue weighted by Crippen LogP contribution is -2.08. The second kappa shape index (κ2) is 4.96. The zero-order valence-electron chi connectivity index (χ0n) is 9.91. The van der Waals surface area contributed by atoms with Crippen LogP contribution in [-0.4, -0.2) is 9.78 Å². The van der Waals surface area contributed by atoms with Crippen molar-refractivity contribution >= 4 is 28.4 Å². The Bertz CT molecular complexity index is 562. The number of hydrogen-bond donors (Lipinski definition) is 1. The van der Waals surface area contributed by atoms with Gasteiger partial charge in [-0.15, -0.1) is 22.7 Å². The molecular formula is C13H13N3S2. The maximum Gasteiger partial charge on any atom is 0.0954 e. The third kappa shape index (κ3) is 2.32. The summed E-state index contributed by atoms with van der Waals surface area (Å²) in [7, 11) is 1.93. The van der Waals surface area contributed by atoms with E-state index in [1.54, 1.807) is 22.7 Å². The first-order chi connectivity index (χ1) is 8.83. The monoisotopic (exact) mass is 275 g/mol. The molecule has 0 saturated carbocycles. The maximum atomic E-state index is 4.19. The van der Waals surface area contributed by atoms with Crippen LogP contribution in [-0.2, 0) is 7.05 Å². The van der Waals surface area contributed by atoms with Crippen molar-refractivity contribution in [2.45, 2.75) is 6.04 Å². The number of nitrogens with zero attached hydrogens (tertiary/aromatic N) is 2. The number of anilines is 1. The molecule has 5 heteroatoms. The van der Waals surface area contributed by atoms with E-state index in [9.17, 15) is 0 Å². The first-order valence-electron chi connectivity index (χ1n) is 5.65. The lowest BCUT2D eigenvalue weighted by atomic mass is 10.2. The van der Waals surface area contributed by atoms with Gasteiger partial charge < -0.3 is 5.32 Å². The van der Waals surface area contributed by atoms with Gasteiger partial charge in [0.2, 0.25) is 0 Å². The van der Waals surface area contributed by atoms with E-state index in [-0.39, 0.29) is 6.04 Å². The summed E-state index contributed by atoms with van der Waals surface area (Å²) in [6.45, 7) is 0. The molecule has 0 bridgehead atoms. The molecular weight excluding hydrogens is 262 g/mol. The van der Waals surface area contributed by atoms with E-state index in [1.807, 2.05) is 24.1 Å². The summed E-state index contributed by atoms with van der Waals surface area (Å²) in [4.78, 5) is 2.64. The van der Waals surface area contributed by atoms with E-state index in [4.69, 9.17) is 0 Å². The molecule has 0 aliphatic heterocycles. The van der Waals surface area contributed by atoms with Crippen molar-refractivity contribution in [3.05, 3.63) is 57.2 Å². The summed E-state index contributed by atoms with van der Waals surface area (Å²) in [5.74, 6) is 0. The molecule has 0 aliphatic carbocycles. The average Bonchev–Trinajstić information content (AvgIpc) is 3.09. The molecule has 0 radical (unpaired) electrons. The van der Waals surface area contributed by atoms with Crippen LogP contribution < -0.4 is 5.32 Å². The van der Waals surface area contributed by atoms with E-state index in [0.29, 0.717) is 0 Å². The van der Waals surface area contributed by atoms with Gasteiger partial charge in [0.1, 0.15) is 0 Å². The van der Waals surface area contributed by atoms with Crippen LogP contribution in [0.3, 0.4) is 0 Å². The highest BCUT2D eigenvalue weighted by Gasteiger charge is 2.16. The van der Waals surface area contributed by atoms with Gasteiger partial charge >= 0.3 is 0 Å². The van der Waals surface area contributed by atoms with Gasteiger partial charge in [-0.05, 0) is 22.9 Å². The Kier molecular flexibility index (Phi) is 3.17. The first kappa shape index (κ1) is 11.5. The smallest absolute Gasteiger partial charge is 0.0954 e. The molecule has 1 N–H and O–H groups in total. The number of aromatic nitrogens is 2. The van der Waals surface area contributed by atoms with Gasteiger partial charge in [-0.3, -0.25) is 4.68 Å². The predicted octanol–water partition coefficient (Wildman–Crippen LogP) is 3.74. The largest absolute Gasteiger partial charge is 0.370 e. The topological polar surface area (TPSA) is 29.9 Å². The Morgan fingerprint density at radius 3 is 2.28 bits per heavy atom. The lowest BCUT2D eigenvalue weighted by Gasteiger charge is -2.15. The molecule has 0 spiro atoms. The minimum atomic E-state index is 0.217. The van der Waals surface area contributed by atoms with Crippen LogP contribution in [0.5, 0.6) is 0 Å². The van der Waals surface area contributed by atoms with Crippen LogP contribution in [0.2, 0.25) is 0 Å². The van der Waals surface area contributed by atoms with Gasteiger partial charge in [-0.1, -0.05) is 12.1 Å². The normalized spacial score (nSPS) is 11.0. The lowest BCUT2D eigenvalue weighted by molar-refractivity contribution is 0.767. The summed E-state index contributed by atoms with van der Waals surface area (Å²) >= 11 is 3.54. The molecule has 3 heterocycles. The SMILES string of the molecule is Cn1cc(NC(c2cccs2)c2cccs2)cn1. The molecule has 3 aromatic rings. The zero-order valence-corrected chi connectivity index (χ0v) is 11.5. The number of aryl methyl sites for hydroxylation is 1. The predicted molar refractivity (Wildman–Crippen MR) is 77.3 cm³/mol. The van der Waals surface area contributed by atoms with Gasteiger partial charge in [0, 0.05) is 23.0 Å². The van der Waals surface area contributed by atoms with Crippen molar-refractivity contribution in [2.75, 3.05) is 5.32 Å². The number of thiophene rings is 2. The average molecular weight is 275 g/mol. The molecule has 0 fully saturated rings. The highest BCUT2D eigenvalue weighted by atomic mass is 32.1. The molecule has 0 atom stereocenters. The Morgan fingerprint density at radius 2 is 1.83 bits per heavy atom. The van der Waals surface area contributed by atoms with E-state index in [1.165, 1.54) is 9.75 Å². The third-order valence-electron chi connectivity index (χ3n) is 2.67. The van der Waals surface area contributed by atoms with Crippen molar-refractivity contribution in [1.29, 1.82) is 0 Å². The van der Waals surface area contributed by atoms with Crippen LogP contribution in [0.4, 0.5) is 5.69 Å². The molecule has 3 aromatic heterocycles. The van der Waals surface area contributed by atoms with Crippen molar-refractivity contribution in [3.8, 4) is 0 Å².